The quantitative estimate of drug-likeness (QED) is 0.773. The van der Waals surface area contributed by atoms with Crippen LogP contribution in [0.1, 0.15) is 37.9 Å². The first kappa shape index (κ1) is 17.4. The van der Waals surface area contributed by atoms with Crippen LogP contribution >= 0.6 is 0 Å². The van der Waals surface area contributed by atoms with E-state index in [0.29, 0.717) is 12.5 Å². The number of benzene rings is 2. The predicted molar refractivity (Wildman–Crippen MR) is 95.0 cm³/mol. The molecule has 0 spiro atoms. The molecule has 0 amide bonds. The molecular weight excluding hydrogens is 286 g/mol. The van der Waals surface area contributed by atoms with E-state index in [1.54, 1.807) is 7.11 Å². The Balaban J connectivity index is 2.09. The Morgan fingerprint density at radius 3 is 2.35 bits per heavy atom. The third-order valence-corrected chi connectivity index (χ3v) is 3.74. The highest BCUT2D eigenvalue weighted by Gasteiger charge is 2.12. The fourth-order valence-electron chi connectivity index (χ4n) is 2.40. The molecule has 0 fully saturated rings. The predicted octanol–water partition coefficient (Wildman–Crippen LogP) is 4.58. The van der Waals surface area contributed by atoms with E-state index in [9.17, 15) is 0 Å². The van der Waals surface area contributed by atoms with Gasteiger partial charge in [-0.25, -0.2) is 0 Å². The van der Waals surface area contributed by atoms with Gasteiger partial charge in [0.15, 0.2) is 11.5 Å². The fraction of sp³-hybridized carbons (Fsp3) is 0.400. The molecule has 1 atom stereocenters. The summed E-state index contributed by atoms with van der Waals surface area (Å²) >= 11 is 0. The molecule has 0 saturated heterocycles. The number of rotatable bonds is 8. The standard InChI is InChI=1S/C20H27NO2/c1-15(2)14-23-20-18(11-8-12-19(20)22-4)13-21-16(3)17-9-6-5-7-10-17/h5-12,15-16,21H,13-14H2,1-4H3. The Morgan fingerprint density at radius 1 is 0.957 bits per heavy atom. The molecule has 2 aromatic rings. The van der Waals surface area contributed by atoms with E-state index in [0.717, 1.165) is 23.6 Å². The van der Waals surface area contributed by atoms with Crippen molar-refractivity contribution >= 4 is 0 Å². The summed E-state index contributed by atoms with van der Waals surface area (Å²) in [7, 11) is 1.68. The van der Waals surface area contributed by atoms with Crippen LogP contribution in [0.4, 0.5) is 0 Å². The molecule has 0 aliphatic rings. The van der Waals surface area contributed by atoms with Crippen LogP contribution in [0.2, 0.25) is 0 Å². The molecular formula is C20H27NO2. The second-order valence-corrected chi connectivity index (χ2v) is 6.17. The number of methoxy groups -OCH3 is 1. The van der Waals surface area contributed by atoms with Gasteiger partial charge in [-0.1, -0.05) is 56.3 Å². The van der Waals surface area contributed by atoms with Crippen molar-refractivity contribution in [1.29, 1.82) is 0 Å². The number of hydrogen-bond donors (Lipinski definition) is 1. The first-order valence-corrected chi connectivity index (χ1v) is 8.18. The normalized spacial score (nSPS) is 12.2. The molecule has 23 heavy (non-hydrogen) atoms. The smallest absolute Gasteiger partial charge is 0.165 e. The lowest BCUT2D eigenvalue weighted by Crippen LogP contribution is -2.19. The zero-order valence-electron chi connectivity index (χ0n) is 14.5. The van der Waals surface area contributed by atoms with Crippen LogP contribution < -0.4 is 14.8 Å². The summed E-state index contributed by atoms with van der Waals surface area (Å²) in [6.07, 6.45) is 0. The number of nitrogens with one attached hydrogen (secondary N) is 1. The van der Waals surface area contributed by atoms with Crippen molar-refractivity contribution in [3.05, 3.63) is 59.7 Å². The van der Waals surface area contributed by atoms with E-state index < -0.39 is 0 Å². The largest absolute Gasteiger partial charge is 0.493 e. The number of hydrogen-bond acceptors (Lipinski definition) is 3. The van der Waals surface area contributed by atoms with Crippen LogP contribution in [0.25, 0.3) is 0 Å². The average Bonchev–Trinajstić information content (AvgIpc) is 2.58. The van der Waals surface area contributed by atoms with Crippen LogP contribution in [-0.2, 0) is 6.54 Å². The number of para-hydroxylation sites is 1. The van der Waals surface area contributed by atoms with Crippen molar-refractivity contribution in [3.63, 3.8) is 0 Å². The molecule has 1 unspecified atom stereocenters. The summed E-state index contributed by atoms with van der Waals surface area (Å²) in [6.45, 7) is 7.88. The SMILES string of the molecule is COc1cccc(CNC(C)c2ccccc2)c1OCC(C)C. The first-order valence-electron chi connectivity index (χ1n) is 8.18. The van der Waals surface area contributed by atoms with Gasteiger partial charge in [0.25, 0.3) is 0 Å². The van der Waals surface area contributed by atoms with Crippen LogP contribution in [0.5, 0.6) is 11.5 Å². The van der Waals surface area contributed by atoms with Crippen molar-refractivity contribution in [2.24, 2.45) is 5.92 Å². The lowest BCUT2D eigenvalue weighted by molar-refractivity contribution is 0.253. The Hall–Kier alpha value is -2.00. The second kappa shape index (κ2) is 8.59. The minimum Gasteiger partial charge on any atom is -0.493 e. The van der Waals surface area contributed by atoms with Gasteiger partial charge >= 0.3 is 0 Å². The summed E-state index contributed by atoms with van der Waals surface area (Å²) in [5.74, 6) is 2.11. The molecule has 0 radical (unpaired) electrons. The van der Waals surface area contributed by atoms with E-state index in [-0.39, 0.29) is 6.04 Å². The summed E-state index contributed by atoms with van der Waals surface area (Å²) in [5, 5.41) is 3.56. The van der Waals surface area contributed by atoms with Gasteiger partial charge < -0.3 is 14.8 Å². The maximum absolute atomic E-state index is 5.99. The Kier molecular flexibility index (Phi) is 6.48. The zero-order chi connectivity index (χ0) is 16.7. The van der Waals surface area contributed by atoms with E-state index in [1.165, 1.54) is 5.56 Å². The molecule has 0 aromatic heterocycles. The van der Waals surface area contributed by atoms with Gasteiger partial charge in [-0.3, -0.25) is 0 Å². The number of ether oxygens (including phenoxy) is 2. The van der Waals surface area contributed by atoms with E-state index in [4.69, 9.17) is 9.47 Å². The molecule has 0 heterocycles. The maximum atomic E-state index is 5.99. The van der Waals surface area contributed by atoms with Crippen molar-refractivity contribution < 1.29 is 9.47 Å². The minimum atomic E-state index is 0.278. The Labute approximate surface area is 139 Å². The minimum absolute atomic E-state index is 0.278. The monoisotopic (exact) mass is 313 g/mol. The van der Waals surface area contributed by atoms with Gasteiger partial charge in [0.2, 0.25) is 0 Å². The highest BCUT2D eigenvalue weighted by atomic mass is 16.5. The van der Waals surface area contributed by atoms with Gasteiger partial charge in [-0.2, -0.15) is 0 Å². The highest BCUT2D eigenvalue weighted by Crippen LogP contribution is 2.31. The van der Waals surface area contributed by atoms with Crippen molar-refractivity contribution in [1.82, 2.24) is 5.32 Å². The first-order chi connectivity index (χ1) is 11.1. The molecule has 3 nitrogen and oxygen atoms in total. The van der Waals surface area contributed by atoms with Gasteiger partial charge in [0.1, 0.15) is 0 Å². The van der Waals surface area contributed by atoms with Gasteiger partial charge in [-0.05, 0) is 24.5 Å². The van der Waals surface area contributed by atoms with Gasteiger partial charge in [0.05, 0.1) is 13.7 Å². The van der Waals surface area contributed by atoms with E-state index >= 15 is 0 Å². The van der Waals surface area contributed by atoms with Crippen LogP contribution in [0.15, 0.2) is 48.5 Å². The van der Waals surface area contributed by atoms with Crippen LogP contribution in [0.3, 0.4) is 0 Å². The molecule has 2 rings (SSSR count). The van der Waals surface area contributed by atoms with Crippen molar-refractivity contribution in [2.45, 2.75) is 33.4 Å². The highest BCUT2D eigenvalue weighted by molar-refractivity contribution is 5.46. The van der Waals surface area contributed by atoms with Crippen LogP contribution in [0, 0.1) is 5.92 Å². The molecule has 0 bridgehead atoms. The average molecular weight is 313 g/mol. The molecule has 0 saturated carbocycles. The Bertz CT molecular complexity index is 596. The fourth-order valence-corrected chi connectivity index (χ4v) is 2.40. The van der Waals surface area contributed by atoms with Gasteiger partial charge in [0, 0.05) is 18.2 Å². The summed E-state index contributed by atoms with van der Waals surface area (Å²) in [6, 6.07) is 16.8. The molecule has 1 N–H and O–H groups in total. The molecule has 2 aromatic carbocycles. The summed E-state index contributed by atoms with van der Waals surface area (Å²) in [4.78, 5) is 0. The molecule has 0 aliphatic heterocycles. The summed E-state index contributed by atoms with van der Waals surface area (Å²) in [5.41, 5.74) is 2.40. The topological polar surface area (TPSA) is 30.5 Å². The third-order valence-electron chi connectivity index (χ3n) is 3.74. The van der Waals surface area contributed by atoms with Gasteiger partial charge in [-0.15, -0.1) is 0 Å². The van der Waals surface area contributed by atoms with E-state index in [2.05, 4.69) is 56.4 Å². The zero-order valence-corrected chi connectivity index (χ0v) is 14.5. The van der Waals surface area contributed by atoms with Crippen molar-refractivity contribution in [2.75, 3.05) is 13.7 Å². The lowest BCUT2D eigenvalue weighted by atomic mass is 10.1. The van der Waals surface area contributed by atoms with Crippen molar-refractivity contribution in [3.8, 4) is 11.5 Å². The lowest BCUT2D eigenvalue weighted by Gasteiger charge is -2.19. The summed E-state index contributed by atoms with van der Waals surface area (Å²) < 4.78 is 11.5. The third kappa shape index (κ3) is 5.00. The Morgan fingerprint density at radius 2 is 1.70 bits per heavy atom. The second-order valence-electron chi connectivity index (χ2n) is 6.17. The van der Waals surface area contributed by atoms with Crippen LogP contribution in [-0.4, -0.2) is 13.7 Å². The maximum Gasteiger partial charge on any atom is 0.165 e. The molecule has 3 heteroatoms. The molecule has 0 aliphatic carbocycles. The molecule has 124 valence electrons. The van der Waals surface area contributed by atoms with E-state index in [1.807, 2.05) is 18.2 Å².